The highest BCUT2D eigenvalue weighted by Crippen LogP contribution is 2.33. The molecule has 1 heterocycles. The minimum absolute atomic E-state index is 0.347. The number of alkyl halides is 3. The van der Waals surface area contributed by atoms with Gasteiger partial charge >= 0.3 is 6.18 Å². The first-order valence-corrected chi connectivity index (χ1v) is 7.61. The largest absolute Gasteiger partial charge is 0.493 e. The molecule has 10 heteroatoms. The smallest absolute Gasteiger partial charge is 0.406 e. The highest BCUT2D eigenvalue weighted by Gasteiger charge is 2.40. The number of methoxy groups -OCH3 is 2. The van der Waals surface area contributed by atoms with Gasteiger partial charge in [0.1, 0.15) is 13.2 Å². The Hall–Kier alpha value is -2.49. The summed E-state index contributed by atoms with van der Waals surface area (Å²) in [5.41, 5.74) is 0.439. The fourth-order valence-electron chi connectivity index (χ4n) is 2.63. The maximum Gasteiger partial charge on any atom is 0.406 e. The van der Waals surface area contributed by atoms with Gasteiger partial charge in [-0.2, -0.15) is 13.2 Å². The number of nitrogens with one attached hydrogen (secondary N) is 1. The molecule has 1 fully saturated rings. The van der Waals surface area contributed by atoms with Gasteiger partial charge in [-0.05, 0) is 17.7 Å². The molecule has 1 aromatic rings. The van der Waals surface area contributed by atoms with E-state index in [1.807, 2.05) is 0 Å². The number of carbonyl (C=O) groups is 2. The van der Waals surface area contributed by atoms with E-state index in [2.05, 4.69) is 5.32 Å². The van der Waals surface area contributed by atoms with E-state index in [4.69, 9.17) is 14.2 Å². The maximum atomic E-state index is 12.6. The van der Waals surface area contributed by atoms with Crippen LogP contribution in [0.1, 0.15) is 11.6 Å². The molecule has 0 radical (unpaired) electrons. The number of rotatable bonds is 5. The molecule has 2 amide bonds. The van der Waals surface area contributed by atoms with Gasteiger partial charge in [-0.25, -0.2) is 0 Å². The van der Waals surface area contributed by atoms with Crippen molar-refractivity contribution in [3.05, 3.63) is 23.8 Å². The van der Waals surface area contributed by atoms with Gasteiger partial charge in [0.2, 0.25) is 5.91 Å². The molecule has 1 aromatic carbocycles. The van der Waals surface area contributed by atoms with E-state index >= 15 is 0 Å². The predicted octanol–water partition coefficient (Wildman–Crippen LogP) is 1.28. The van der Waals surface area contributed by atoms with E-state index < -0.39 is 43.3 Å². The standard InChI is InChI=1S/C16H19F3N2O5/c1-21(8-16(17,18)19)15(23)14-13(20-12(22)7-26-14)9-4-5-10(24-2)11(6-9)25-3/h4-6,13-14H,7-8H2,1-3H3,(H,20,22). The minimum Gasteiger partial charge on any atom is -0.493 e. The van der Waals surface area contributed by atoms with E-state index in [9.17, 15) is 22.8 Å². The van der Waals surface area contributed by atoms with Gasteiger partial charge in [0.05, 0.1) is 20.3 Å². The molecule has 0 aromatic heterocycles. The number of amides is 2. The molecule has 26 heavy (non-hydrogen) atoms. The lowest BCUT2D eigenvalue weighted by molar-refractivity contribution is -0.170. The zero-order chi connectivity index (χ0) is 19.5. The van der Waals surface area contributed by atoms with Gasteiger partial charge in [0.15, 0.2) is 17.6 Å². The molecule has 0 aliphatic carbocycles. The summed E-state index contributed by atoms with van der Waals surface area (Å²) < 4.78 is 53.2. The second-order valence-corrected chi connectivity index (χ2v) is 5.70. The van der Waals surface area contributed by atoms with Gasteiger partial charge in [-0.3, -0.25) is 9.59 Å². The average molecular weight is 376 g/mol. The fourth-order valence-corrected chi connectivity index (χ4v) is 2.63. The molecule has 1 N–H and O–H groups in total. The van der Waals surface area contributed by atoms with Gasteiger partial charge in [0, 0.05) is 7.05 Å². The third-order valence-corrected chi connectivity index (χ3v) is 3.82. The summed E-state index contributed by atoms with van der Waals surface area (Å²) in [4.78, 5) is 24.7. The number of morpholine rings is 1. The van der Waals surface area contributed by atoms with Crippen molar-refractivity contribution >= 4 is 11.8 Å². The van der Waals surface area contributed by atoms with Crippen molar-refractivity contribution in [2.75, 3.05) is 34.4 Å². The molecule has 2 rings (SSSR count). The molecule has 1 aliphatic heterocycles. The van der Waals surface area contributed by atoms with Crippen molar-refractivity contribution < 1.29 is 37.0 Å². The van der Waals surface area contributed by atoms with Crippen LogP contribution in [-0.4, -0.2) is 63.4 Å². The lowest BCUT2D eigenvalue weighted by Crippen LogP contribution is -2.53. The normalized spacial score (nSPS) is 20.3. The van der Waals surface area contributed by atoms with Crippen LogP contribution in [0.15, 0.2) is 18.2 Å². The second kappa shape index (κ2) is 7.81. The summed E-state index contributed by atoms with van der Waals surface area (Å²) in [6.07, 6.45) is -5.83. The van der Waals surface area contributed by atoms with E-state index in [0.29, 0.717) is 22.0 Å². The number of carbonyl (C=O) groups excluding carboxylic acids is 2. The number of hydrogen-bond donors (Lipinski definition) is 1. The third-order valence-electron chi connectivity index (χ3n) is 3.82. The zero-order valence-electron chi connectivity index (χ0n) is 14.4. The third kappa shape index (κ3) is 4.57. The van der Waals surface area contributed by atoms with Gasteiger partial charge in [0.25, 0.3) is 5.91 Å². The van der Waals surface area contributed by atoms with E-state index in [1.54, 1.807) is 12.1 Å². The summed E-state index contributed by atoms with van der Waals surface area (Å²) in [5.74, 6) is -0.592. The Morgan fingerprint density at radius 2 is 1.96 bits per heavy atom. The Morgan fingerprint density at radius 1 is 1.31 bits per heavy atom. The van der Waals surface area contributed by atoms with Crippen molar-refractivity contribution in [2.45, 2.75) is 18.3 Å². The van der Waals surface area contributed by atoms with Crippen LogP contribution in [-0.2, 0) is 14.3 Å². The van der Waals surface area contributed by atoms with E-state index in [-0.39, 0.29) is 0 Å². The second-order valence-electron chi connectivity index (χ2n) is 5.70. The SMILES string of the molecule is COc1ccc(C2NC(=O)COC2C(=O)N(C)CC(F)(F)F)cc1OC. The molecule has 0 spiro atoms. The highest BCUT2D eigenvalue weighted by atomic mass is 19.4. The lowest BCUT2D eigenvalue weighted by Gasteiger charge is -2.34. The Kier molecular flexibility index (Phi) is 5.96. The molecule has 2 atom stereocenters. The summed E-state index contributed by atoms with van der Waals surface area (Å²) in [7, 11) is 3.89. The molecule has 1 aliphatic rings. The first-order chi connectivity index (χ1) is 12.2. The summed E-state index contributed by atoms with van der Waals surface area (Å²) in [5, 5.41) is 2.58. The van der Waals surface area contributed by atoms with Crippen molar-refractivity contribution in [1.82, 2.24) is 10.2 Å². The molecule has 2 unspecified atom stereocenters. The highest BCUT2D eigenvalue weighted by molar-refractivity contribution is 5.86. The zero-order valence-corrected chi connectivity index (χ0v) is 14.4. The number of benzene rings is 1. The van der Waals surface area contributed by atoms with Crippen LogP contribution in [0.25, 0.3) is 0 Å². The monoisotopic (exact) mass is 376 g/mol. The van der Waals surface area contributed by atoms with E-state index in [0.717, 1.165) is 7.05 Å². The molecular weight excluding hydrogens is 357 g/mol. The van der Waals surface area contributed by atoms with Crippen molar-refractivity contribution in [2.24, 2.45) is 0 Å². The van der Waals surface area contributed by atoms with Crippen LogP contribution in [0.5, 0.6) is 11.5 Å². The van der Waals surface area contributed by atoms with Crippen LogP contribution in [0.3, 0.4) is 0 Å². The minimum atomic E-state index is -4.54. The van der Waals surface area contributed by atoms with Gasteiger partial charge < -0.3 is 24.4 Å². The molecule has 7 nitrogen and oxygen atoms in total. The van der Waals surface area contributed by atoms with Crippen molar-refractivity contribution in [3.63, 3.8) is 0 Å². The Morgan fingerprint density at radius 3 is 2.54 bits per heavy atom. The number of likely N-dealkylation sites (N-methyl/N-ethyl adjacent to an activating group) is 1. The van der Waals surface area contributed by atoms with Crippen LogP contribution in [0.4, 0.5) is 13.2 Å². The van der Waals surface area contributed by atoms with Gasteiger partial charge in [-0.15, -0.1) is 0 Å². The van der Waals surface area contributed by atoms with E-state index in [1.165, 1.54) is 20.3 Å². The summed E-state index contributed by atoms with van der Waals surface area (Å²) >= 11 is 0. The summed E-state index contributed by atoms with van der Waals surface area (Å²) in [6.45, 7) is -1.83. The molecule has 144 valence electrons. The molecular formula is C16H19F3N2O5. The Bertz CT molecular complexity index is 680. The first kappa shape index (κ1) is 19.8. The topological polar surface area (TPSA) is 77.1 Å². The number of halogens is 3. The number of nitrogens with zero attached hydrogens (tertiary/aromatic N) is 1. The molecule has 0 bridgehead atoms. The number of hydrogen-bond acceptors (Lipinski definition) is 5. The maximum absolute atomic E-state index is 12.6. The van der Waals surface area contributed by atoms with Crippen LogP contribution in [0, 0.1) is 0 Å². The molecule has 1 saturated heterocycles. The van der Waals surface area contributed by atoms with Crippen molar-refractivity contribution in [1.29, 1.82) is 0 Å². The predicted molar refractivity (Wildman–Crippen MR) is 83.9 cm³/mol. The quantitative estimate of drug-likeness (QED) is 0.838. The fraction of sp³-hybridized carbons (Fsp3) is 0.500. The average Bonchev–Trinajstić information content (AvgIpc) is 2.58. The van der Waals surface area contributed by atoms with Crippen LogP contribution < -0.4 is 14.8 Å². The Balaban J connectivity index is 2.30. The lowest BCUT2D eigenvalue weighted by atomic mass is 9.98. The van der Waals surface area contributed by atoms with Crippen LogP contribution in [0.2, 0.25) is 0 Å². The van der Waals surface area contributed by atoms with Crippen LogP contribution >= 0.6 is 0 Å². The Labute approximate surface area is 148 Å². The molecule has 0 saturated carbocycles. The number of ether oxygens (including phenoxy) is 3. The van der Waals surface area contributed by atoms with Gasteiger partial charge in [-0.1, -0.05) is 6.07 Å². The summed E-state index contributed by atoms with van der Waals surface area (Å²) in [6, 6.07) is 3.71. The first-order valence-electron chi connectivity index (χ1n) is 7.61. The van der Waals surface area contributed by atoms with Crippen molar-refractivity contribution in [3.8, 4) is 11.5 Å².